The molecule has 1 N–H and O–H groups in total. The van der Waals surface area contributed by atoms with E-state index in [4.69, 9.17) is 4.74 Å². The van der Waals surface area contributed by atoms with Crippen molar-refractivity contribution in [3.05, 3.63) is 0 Å². The van der Waals surface area contributed by atoms with Gasteiger partial charge in [-0.1, -0.05) is 13.3 Å². The van der Waals surface area contributed by atoms with Gasteiger partial charge in [0.25, 0.3) is 0 Å². The maximum absolute atomic E-state index is 6.10. The zero-order valence-electron chi connectivity index (χ0n) is 9.51. The fourth-order valence-corrected chi connectivity index (χ4v) is 2.84. The fourth-order valence-electron chi connectivity index (χ4n) is 2.84. The van der Waals surface area contributed by atoms with Gasteiger partial charge in [-0.2, -0.15) is 0 Å². The minimum absolute atomic E-state index is 0.0589. The summed E-state index contributed by atoms with van der Waals surface area (Å²) in [5, 5.41) is 3.59. The molecule has 1 saturated heterocycles. The van der Waals surface area contributed by atoms with Gasteiger partial charge in [0, 0.05) is 6.54 Å². The van der Waals surface area contributed by atoms with Crippen LogP contribution in [0.5, 0.6) is 0 Å². The largest absolute Gasteiger partial charge is 0.358 e. The monoisotopic (exact) mass is 197 g/mol. The highest BCUT2D eigenvalue weighted by Gasteiger charge is 2.38. The molecule has 2 nitrogen and oxygen atoms in total. The van der Waals surface area contributed by atoms with E-state index >= 15 is 0 Å². The van der Waals surface area contributed by atoms with Crippen LogP contribution in [0.4, 0.5) is 0 Å². The van der Waals surface area contributed by atoms with Crippen LogP contribution in [-0.2, 0) is 4.74 Å². The first-order chi connectivity index (χ1) is 6.74. The Morgan fingerprint density at radius 3 is 2.57 bits per heavy atom. The van der Waals surface area contributed by atoms with Crippen molar-refractivity contribution in [2.45, 2.75) is 64.2 Å². The predicted molar refractivity (Wildman–Crippen MR) is 58.1 cm³/mol. The smallest absolute Gasteiger partial charge is 0.119 e. The maximum atomic E-state index is 6.10. The molecule has 0 radical (unpaired) electrons. The van der Waals surface area contributed by atoms with Crippen molar-refractivity contribution in [3.63, 3.8) is 0 Å². The highest BCUT2D eigenvalue weighted by atomic mass is 16.5. The normalized spacial score (nSPS) is 44.1. The van der Waals surface area contributed by atoms with Crippen LogP contribution in [0.25, 0.3) is 0 Å². The average Bonchev–Trinajstić information content (AvgIpc) is 2.19. The Balaban J connectivity index is 1.91. The summed E-state index contributed by atoms with van der Waals surface area (Å²) in [7, 11) is 0. The van der Waals surface area contributed by atoms with Crippen LogP contribution in [0.1, 0.15) is 52.4 Å². The predicted octanol–water partition coefficient (Wildman–Crippen LogP) is 2.68. The van der Waals surface area contributed by atoms with Crippen molar-refractivity contribution in [2.75, 3.05) is 6.54 Å². The summed E-state index contributed by atoms with van der Waals surface area (Å²) in [4.78, 5) is 0. The second-order valence-electron chi connectivity index (χ2n) is 4.99. The highest BCUT2D eigenvalue weighted by Crippen LogP contribution is 2.36. The van der Waals surface area contributed by atoms with E-state index in [1.165, 1.54) is 38.5 Å². The molecule has 2 heteroatoms. The number of nitrogens with one attached hydrogen (secondary N) is 1. The number of hydrogen-bond acceptors (Lipinski definition) is 2. The van der Waals surface area contributed by atoms with E-state index in [0.29, 0.717) is 6.10 Å². The van der Waals surface area contributed by atoms with Crippen molar-refractivity contribution >= 4 is 0 Å². The molecule has 82 valence electrons. The molecule has 1 aliphatic carbocycles. The third-order valence-electron chi connectivity index (χ3n) is 3.92. The average molecular weight is 197 g/mol. The minimum atomic E-state index is 0.0589. The Bertz CT molecular complexity index is 185. The molecule has 1 unspecified atom stereocenters. The van der Waals surface area contributed by atoms with Crippen LogP contribution in [-0.4, -0.2) is 18.4 Å². The van der Waals surface area contributed by atoms with Crippen molar-refractivity contribution in [2.24, 2.45) is 5.92 Å². The maximum Gasteiger partial charge on any atom is 0.119 e. The molecule has 1 heterocycles. The molecule has 1 aliphatic heterocycles. The Morgan fingerprint density at radius 2 is 2.00 bits per heavy atom. The van der Waals surface area contributed by atoms with Crippen molar-refractivity contribution < 1.29 is 4.74 Å². The molecule has 14 heavy (non-hydrogen) atoms. The van der Waals surface area contributed by atoms with Gasteiger partial charge in [-0.05, 0) is 44.9 Å². The van der Waals surface area contributed by atoms with Crippen LogP contribution in [0, 0.1) is 5.92 Å². The Kier molecular flexibility index (Phi) is 3.13. The van der Waals surface area contributed by atoms with E-state index in [9.17, 15) is 0 Å². The van der Waals surface area contributed by atoms with Gasteiger partial charge in [-0.15, -0.1) is 0 Å². The summed E-state index contributed by atoms with van der Waals surface area (Å²) in [5.41, 5.74) is 0.0589. The van der Waals surface area contributed by atoms with Crippen LogP contribution in [0.15, 0.2) is 0 Å². The molecule has 0 aromatic carbocycles. The number of hydrogen-bond donors (Lipinski definition) is 1. The van der Waals surface area contributed by atoms with E-state index in [-0.39, 0.29) is 5.72 Å². The molecule has 2 aliphatic rings. The molecular formula is C12H23NO. The lowest BCUT2D eigenvalue weighted by atomic mass is 9.81. The summed E-state index contributed by atoms with van der Waals surface area (Å²) in [6.45, 7) is 5.65. The molecular weight excluding hydrogens is 174 g/mol. The van der Waals surface area contributed by atoms with E-state index in [1.54, 1.807) is 0 Å². The number of ether oxygens (including phenoxy) is 1. The van der Waals surface area contributed by atoms with Crippen LogP contribution < -0.4 is 5.32 Å². The molecule has 1 atom stereocenters. The third kappa shape index (κ3) is 2.12. The summed E-state index contributed by atoms with van der Waals surface area (Å²) in [6, 6.07) is 0. The van der Waals surface area contributed by atoms with Gasteiger partial charge < -0.3 is 4.74 Å². The summed E-state index contributed by atoms with van der Waals surface area (Å²) in [6.07, 6.45) is 8.08. The number of rotatable bonds is 1. The second kappa shape index (κ2) is 4.19. The minimum Gasteiger partial charge on any atom is -0.358 e. The lowest BCUT2D eigenvalue weighted by molar-refractivity contribution is -0.158. The zero-order valence-corrected chi connectivity index (χ0v) is 9.51. The molecule has 0 amide bonds. The molecule has 0 aromatic rings. The van der Waals surface area contributed by atoms with Gasteiger partial charge in [-0.25, -0.2) is 0 Å². The highest BCUT2D eigenvalue weighted by molar-refractivity contribution is 4.88. The van der Waals surface area contributed by atoms with E-state index < -0.39 is 0 Å². The van der Waals surface area contributed by atoms with Gasteiger partial charge in [-0.3, -0.25) is 5.32 Å². The zero-order chi connectivity index (χ0) is 10.0. The second-order valence-corrected chi connectivity index (χ2v) is 4.99. The molecule has 0 aromatic heterocycles. The molecule has 2 rings (SSSR count). The van der Waals surface area contributed by atoms with E-state index in [1.807, 2.05) is 0 Å². The van der Waals surface area contributed by atoms with Gasteiger partial charge in [0.1, 0.15) is 5.72 Å². The summed E-state index contributed by atoms with van der Waals surface area (Å²) >= 11 is 0. The SMILES string of the molecule is CCC1CCC2(CC1)NCCC(C)O2. The first kappa shape index (κ1) is 10.4. The first-order valence-electron chi connectivity index (χ1n) is 6.17. The quantitative estimate of drug-likeness (QED) is 0.698. The van der Waals surface area contributed by atoms with E-state index in [0.717, 1.165) is 12.5 Å². The molecule has 0 bridgehead atoms. The Hall–Kier alpha value is -0.0800. The Morgan fingerprint density at radius 1 is 1.29 bits per heavy atom. The van der Waals surface area contributed by atoms with Crippen molar-refractivity contribution in [3.8, 4) is 0 Å². The summed E-state index contributed by atoms with van der Waals surface area (Å²) < 4.78 is 6.10. The van der Waals surface area contributed by atoms with Crippen LogP contribution >= 0.6 is 0 Å². The third-order valence-corrected chi connectivity index (χ3v) is 3.92. The standard InChI is InChI=1S/C12H23NO/c1-3-11-4-7-12(8-5-11)13-9-6-10(2)14-12/h10-11,13H,3-9H2,1-2H3. The molecule has 1 saturated carbocycles. The topological polar surface area (TPSA) is 21.3 Å². The molecule has 2 fully saturated rings. The lowest BCUT2D eigenvalue weighted by Gasteiger charge is -2.45. The summed E-state index contributed by atoms with van der Waals surface area (Å²) in [5.74, 6) is 0.947. The Labute approximate surface area is 87.4 Å². The van der Waals surface area contributed by atoms with Gasteiger partial charge in [0.15, 0.2) is 0 Å². The first-order valence-corrected chi connectivity index (χ1v) is 6.17. The van der Waals surface area contributed by atoms with Crippen LogP contribution in [0.2, 0.25) is 0 Å². The lowest BCUT2D eigenvalue weighted by Crippen LogP contribution is -2.55. The van der Waals surface area contributed by atoms with E-state index in [2.05, 4.69) is 19.2 Å². The van der Waals surface area contributed by atoms with Gasteiger partial charge >= 0.3 is 0 Å². The van der Waals surface area contributed by atoms with Crippen molar-refractivity contribution in [1.29, 1.82) is 0 Å². The molecule has 1 spiro atoms. The fraction of sp³-hybridized carbons (Fsp3) is 1.00. The van der Waals surface area contributed by atoms with Gasteiger partial charge in [0.2, 0.25) is 0 Å². The van der Waals surface area contributed by atoms with Crippen LogP contribution in [0.3, 0.4) is 0 Å². The van der Waals surface area contributed by atoms with Gasteiger partial charge in [0.05, 0.1) is 6.10 Å². The van der Waals surface area contributed by atoms with Crippen molar-refractivity contribution in [1.82, 2.24) is 5.32 Å².